The average molecular weight is 352 g/mol. The van der Waals surface area contributed by atoms with Gasteiger partial charge in [0.25, 0.3) is 5.91 Å². The molecule has 0 spiro atoms. The molecule has 2 N–H and O–H groups in total. The molecule has 1 amide bonds. The molecule has 3 rings (SSSR count). The van der Waals surface area contributed by atoms with Crippen LogP contribution in [0.5, 0.6) is 5.75 Å². The van der Waals surface area contributed by atoms with Gasteiger partial charge in [-0.2, -0.15) is 5.10 Å². The fourth-order valence-corrected chi connectivity index (χ4v) is 2.23. The number of anilines is 1. The van der Waals surface area contributed by atoms with Crippen LogP contribution in [0, 0.1) is 0 Å². The number of nitrogens with zero attached hydrogens (tertiary/aromatic N) is 3. The number of aromatic carboxylic acids is 1. The molecule has 2 heterocycles. The maximum atomic E-state index is 12.3. The van der Waals surface area contributed by atoms with Crippen LogP contribution < -0.4 is 10.1 Å². The van der Waals surface area contributed by atoms with Crippen LogP contribution in [0.1, 0.15) is 21.0 Å². The lowest BCUT2D eigenvalue weighted by molar-refractivity contribution is 0.0690. The Morgan fingerprint density at radius 2 is 1.92 bits per heavy atom. The number of carbonyl (C=O) groups excluding carboxylic acids is 1. The molecule has 0 fully saturated rings. The Morgan fingerprint density at radius 3 is 2.69 bits per heavy atom. The summed E-state index contributed by atoms with van der Waals surface area (Å²) < 4.78 is 7.41. The van der Waals surface area contributed by atoms with E-state index in [1.165, 1.54) is 18.2 Å². The Hall–Kier alpha value is -3.68. The molecule has 1 aromatic carbocycles. The highest BCUT2D eigenvalue weighted by molar-refractivity contribution is 6.03. The van der Waals surface area contributed by atoms with E-state index in [4.69, 9.17) is 9.84 Å². The van der Waals surface area contributed by atoms with Crippen molar-refractivity contribution in [3.05, 3.63) is 72.3 Å². The summed E-state index contributed by atoms with van der Waals surface area (Å²) in [6, 6.07) is 13.0. The highest BCUT2D eigenvalue weighted by Gasteiger charge is 2.12. The predicted octanol–water partition coefficient (Wildman–Crippen LogP) is 2.31. The zero-order chi connectivity index (χ0) is 18.4. The summed E-state index contributed by atoms with van der Waals surface area (Å²) in [7, 11) is 0. The smallest absolute Gasteiger partial charge is 0.354 e. The van der Waals surface area contributed by atoms with Gasteiger partial charge in [-0.15, -0.1) is 0 Å². The molecule has 0 saturated carbocycles. The van der Waals surface area contributed by atoms with E-state index in [1.54, 1.807) is 35.1 Å². The summed E-state index contributed by atoms with van der Waals surface area (Å²) in [5.41, 5.74) is 0.359. The van der Waals surface area contributed by atoms with Crippen LogP contribution in [-0.4, -0.2) is 38.4 Å². The van der Waals surface area contributed by atoms with Crippen LogP contribution in [0.2, 0.25) is 0 Å². The first-order valence-electron chi connectivity index (χ1n) is 7.84. The van der Waals surface area contributed by atoms with E-state index in [0.717, 1.165) is 0 Å². The standard InChI is InChI=1S/C18H16N4O4/c23-17(15-6-2-7-16(21-15)18(24)25)20-13-4-1-5-14(12-13)26-11-10-22-9-3-8-19-22/h1-9,12H,10-11H2,(H,20,23)(H,24,25). The van der Waals surface area contributed by atoms with Crippen molar-refractivity contribution in [1.82, 2.24) is 14.8 Å². The zero-order valence-electron chi connectivity index (χ0n) is 13.7. The molecule has 0 bridgehead atoms. The van der Waals surface area contributed by atoms with Crippen molar-refractivity contribution in [2.75, 3.05) is 11.9 Å². The van der Waals surface area contributed by atoms with Gasteiger partial charge >= 0.3 is 5.97 Å². The van der Waals surface area contributed by atoms with Crippen molar-refractivity contribution in [2.24, 2.45) is 0 Å². The lowest BCUT2D eigenvalue weighted by Gasteiger charge is -2.09. The highest BCUT2D eigenvalue weighted by Crippen LogP contribution is 2.18. The Morgan fingerprint density at radius 1 is 1.12 bits per heavy atom. The monoisotopic (exact) mass is 352 g/mol. The molecule has 2 aromatic heterocycles. The number of rotatable bonds is 7. The minimum Gasteiger partial charge on any atom is -0.492 e. The van der Waals surface area contributed by atoms with Crippen LogP contribution in [0.3, 0.4) is 0 Å². The number of carbonyl (C=O) groups is 2. The van der Waals surface area contributed by atoms with Crippen molar-refractivity contribution in [2.45, 2.75) is 6.54 Å². The third-order valence-electron chi connectivity index (χ3n) is 3.44. The van der Waals surface area contributed by atoms with Gasteiger partial charge in [0.05, 0.1) is 6.54 Å². The summed E-state index contributed by atoms with van der Waals surface area (Å²) in [6.45, 7) is 1.04. The second-order valence-electron chi connectivity index (χ2n) is 5.31. The summed E-state index contributed by atoms with van der Waals surface area (Å²) in [4.78, 5) is 27.0. The maximum absolute atomic E-state index is 12.3. The minimum absolute atomic E-state index is 0.0231. The van der Waals surface area contributed by atoms with Crippen molar-refractivity contribution >= 4 is 17.6 Å². The van der Waals surface area contributed by atoms with E-state index in [2.05, 4.69) is 15.4 Å². The van der Waals surface area contributed by atoms with E-state index < -0.39 is 11.9 Å². The second kappa shape index (κ2) is 7.93. The molecule has 0 atom stereocenters. The highest BCUT2D eigenvalue weighted by atomic mass is 16.5. The molecule has 26 heavy (non-hydrogen) atoms. The topological polar surface area (TPSA) is 106 Å². The second-order valence-corrected chi connectivity index (χ2v) is 5.31. The van der Waals surface area contributed by atoms with Crippen LogP contribution in [-0.2, 0) is 6.54 Å². The van der Waals surface area contributed by atoms with Gasteiger partial charge in [0.2, 0.25) is 0 Å². The first-order chi connectivity index (χ1) is 12.6. The molecular formula is C18H16N4O4. The number of aromatic nitrogens is 3. The number of carboxylic acid groups (broad SMARTS) is 1. The number of carboxylic acids is 1. The SMILES string of the molecule is O=C(O)c1cccc(C(=O)Nc2cccc(OCCn3cccn3)c2)n1. The third kappa shape index (κ3) is 4.44. The minimum atomic E-state index is -1.19. The lowest BCUT2D eigenvalue weighted by atomic mass is 10.2. The van der Waals surface area contributed by atoms with Gasteiger partial charge in [-0.1, -0.05) is 12.1 Å². The van der Waals surface area contributed by atoms with Crippen molar-refractivity contribution in [1.29, 1.82) is 0 Å². The molecule has 0 unspecified atom stereocenters. The predicted molar refractivity (Wildman–Crippen MR) is 93.3 cm³/mol. The average Bonchev–Trinajstić information content (AvgIpc) is 3.15. The van der Waals surface area contributed by atoms with Gasteiger partial charge in [0.15, 0.2) is 0 Å². The van der Waals surface area contributed by atoms with Gasteiger partial charge < -0.3 is 15.2 Å². The van der Waals surface area contributed by atoms with Gasteiger partial charge in [-0.3, -0.25) is 9.48 Å². The maximum Gasteiger partial charge on any atom is 0.354 e. The van der Waals surface area contributed by atoms with Crippen LogP contribution >= 0.6 is 0 Å². The first-order valence-corrected chi connectivity index (χ1v) is 7.84. The van der Waals surface area contributed by atoms with Gasteiger partial charge in [0, 0.05) is 24.1 Å². The van der Waals surface area contributed by atoms with Crippen molar-refractivity contribution in [3.63, 3.8) is 0 Å². The normalized spacial score (nSPS) is 10.3. The Bertz CT molecular complexity index is 909. The molecule has 0 aliphatic rings. The summed E-state index contributed by atoms with van der Waals surface area (Å²) >= 11 is 0. The van der Waals surface area contributed by atoms with E-state index in [1.807, 2.05) is 12.3 Å². The summed E-state index contributed by atoms with van der Waals surface area (Å²) in [6.07, 6.45) is 3.54. The molecule has 0 aliphatic heterocycles. The van der Waals surface area contributed by atoms with E-state index in [-0.39, 0.29) is 11.4 Å². The number of hydrogen-bond donors (Lipinski definition) is 2. The molecule has 0 saturated heterocycles. The summed E-state index contributed by atoms with van der Waals surface area (Å²) in [5, 5.41) is 15.7. The largest absolute Gasteiger partial charge is 0.492 e. The molecular weight excluding hydrogens is 336 g/mol. The molecule has 8 heteroatoms. The van der Waals surface area contributed by atoms with Crippen LogP contribution in [0.25, 0.3) is 0 Å². The van der Waals surface area contributed by atoms with Crippen LogP contribution in [0.15, 0.2) is 60.9 Å². The molecule has 0 aliphatic carbocycles. The van der Waals surface area contributed by atoms with Crippen LogP contribution in [0.4, 0.5) is 5.69 Å². The van der Waals surface area contributed by atoms with E-state index >= 15 is 0 Å². The Labute approximate surface area is 149 Å². The van der Waals surface area contributed by atoms with Crippen molar-refractivity contribution in [3.8, 4) is 5.75 Å². The number of ether oxygens (including phenoxy) is 1. The van der Waals surface area contributed by atoms with Gasteiger partial charge in [-0.05, 0) is 30.3 Å². The van der Waals surface area contributed by atoms with Gasteiger partial charge in [-0.25, -0.2) is 9.78 Å². The number of hydrogen-bond acceptors (Lipinski definition) is 5. The lowest BCUT2D eigenvalue weighted by Crippen LogP contribution is -2.15. The molecule has 8 nitrogen and oxygen atoms in total. The fourth-order valence-electron chi connectivity index (χ4n) is 2.23. The molecule has 3 aromatic rings. The third-order valence-corrected chi connectivity index (χ3v) is 3.44. The zero-order valence-corrected chi connectivity index (χ0v) is 13.7. The first kappa shape index (κ1) is 17.2. The van der Waals surface area contributed by atoms with E-state index in [9.17, 15) is 9.59 Å². The number of nitrogens with one attached hydrogen (secondary N) is 1. The molecule has 132 valence electrons. The number of amides is 1. The van der Waals surface area contributed by atoms with E-state index in [0.29, 0.717) is 24.6 Å². The quantitative estimate of drug-likeness (QED) is 0.676. The summed E-state index contributed by atoms with van der Waals surface area (Å²) in [5.74, 6) is -1.09. The Kier molecular flexibility index (Phi) is 5.23. The number of pyridine rings is 1. The molecule has 0 radical (unpaired) electrons. The number of benzene rings is 1. The van der Waals surface area contributed by atoms with Crippen molar-refractivity contribution < 1.29 is 19.4 Å². The van der Waals surface area contributed by atoms with Gasteiger partial charge in [0.1, 0.15) is 23.7 Å². The Balaban J connectivity index is 1.61. The fraction of sp³-hybridized carbons (Fsp3) is 0.111.